The molecule has 0 atom stereocenters. The van der Waals surface area contributed by atoms with E-state index in [-0.39, 0.29) is 6.79 Å². The van der Waals surface area contributed by atoms with Crippen LogP contribution in [0.3, 0.4) is 0 Å². The SMILES string of the molecule is c1cc2c(cc1CNc1nc(N3CCCCC3)nc(N3CCCCC3)n1)OCO2. The Morgan fingerprint density at radius 1 is 0.759 bits per heavy atom. The summed E-state index contributed by atoms with van der Waals surface area (Å²) >= 11 is 0. The molecule has 29 heavy (non-hydrogen) atoms. The topological polar surface area (TPSA) is 75.6 Å². The standard InChI is InChI=1S/C21H28N6O2/c1-3-9-26(10-4-1)20-23-19(24-21(25-20)27-11-5-2-6-12-27)22-14-16-7-8-17-18(13-16)29-15-28-17/h7-8,13H,1-6,9-12,14-15H2,(H,22,23,24,25). The molecule has 2 aromatic rings. The lowest BCUT2D eigenvalue weighted by Crippen LogP contribution is -2.34. The molecule has 0 unspecified atom stereocenters. The number of benzene rings is 1. The van der Waals surface area contributed by atoms with E-state index in [2.05, 4.69) is 15.1 Å². The van der Waals surface area contributed by atoms with E-state index in [1.54, 1.807) is 0 Å². The highest BCUT2D eigenvalue weighted by molar-refractivity contribution is 5.48. The summed E-state index contributed by atoms with van der Waals surface area (Å²) in [4.78, 5) is 18.9. The maximum absolute atomic E-state index is 5.48. The molecule has 2 fully saturated rings. The second kappa shape index (κ2) is 8.31. The minimum Gasteiger partial charge on any atom is -0.454 e. The van der Waals surface area contributed by atoms with Gasteiger partial charge in [-0.15, -0.1) is 0 Å². The molecular weight excluding hydrogens is 368 g/mol. The average molecular weight is 396 g/mol. The van der Waals surface area contributed by atoms with E-state index >= 15 is 0 Å². The first-order valence-electron chi connectivity index (χ1n) is 10.7. The van der Waals surface area contributed by atoms with Crippen molar-refractivity contribution in [1.82, 2.24) is 15.0 Å². The zero-order chi connectivity index (χ0) is 19.5. The van der Waals surface area contributed by atoms with Crippen LogP contribution in [0.5, 0.6) is 11.5 Å². The van der Waals surface area contributed by atoms with Gasteiger partial charge in [-0.25, -0.2) is 0 Å². The molecule has 3 aliphatic rings. The highest BCUT2D eigenvalue weighted by Crippen LogP contribution is 2.32. The van der Waals surface area contributed by atoms with Crippen LogP contribution in [-0.2, 0) is 6.54 Å². The number of ether oxygens (including phenoxy) is 2. The van der Waals surface area contributed by atoms with Crippen LogP contribution in [-0.4, -0.2) is 47.9 Å². The third-order valence-electron chi connectivity index (χ3n) is 5.78. The first-order chi connectivity index (χ1) is 14.3. The van der Waals surface area contributed by atoms with Crippen LogP contribution in [0.4, 0.5) is 17.8 Å². The van der Waals surface area contributed by atoms with E-state index in [0.717, 1.165) is 55.1 Å². The lowest BCUT2D eigenvalue weighted by molar-refractivity contribution is 0.174. The number of anilines is 3. The Balaban J connectivity index is 1.36. The molecule has 8 nitrogen and oxygen atoms in total. The summed E-state index contributed by atoms with van der Waals surface area (Å²) in [5.41, 5.74) is 1.11. The van der Waals surface area contributed by atoms with Crippen LogP contribution < -0.4 is 24.6 Å². The van der Waals surface area contributed by atoms with Gasteiger partial charge in [0.05, 0.1) is 0 Å². The molecule has 0 amide bonds. The van der Waals surface area contributed by atoms with Crippen LogP contribution in [0.25, 0.3) is 0 Å². The summed E-state index contributed by atoms with van der Waals surface area (Å²) in [6, 6.07) is 6.00. The van der Waals surface area contributed by atoms with Gasteiger partial charge >= 0.3 is 0 Å². The molecule has 0 saturated carbocycles. The fourth-order valence-electron chi connectivity index (χ4n) is 4.14. The molecule has 154 valence electrons. The maximum atomic E-state index is 5.48. The van der Waals surface area contributed by atoms with Gasteiger partial charge in [-0.1, -0.05) is 6.07 Å². The van der Waals surface area contributed by atoms with Crippen LogP contribution in [0.15, 0.2) is 18.2 Å². The van der Waals surface area contributed by atoms with Gasteiger partial charge < -0.3 is 24.6 Å². The van der Waals surface area contributed by atoms with Gasteiger partial charge in [-0.2, -0.15) is 15.0 Å². The van der Waals surface area contributed by atoms with E-state index in [1.807, 2.05) is 18.2 Å². The van der Waals surface area contributed by atoms with E-state index < -0.39 is 0 Å². The Morgan fingerprint density at radius 3 is 2.03 bits per heavy atom. The number of rotatable bonds is 5. The van der Waals surface area contributed by atoms with Gasteiger partial charge in [0.1, 0.15) is 0 Å². The zero-order valence-electron chi connectivity index (χ0n) is 16.8. The molecule has 0 bridgehead atoms. The number of aromatic nitrogens is 3. The maximum Gasteiger partial charge on any atom is 0.231 e. The fraction of sp³-hybridized carbons (Fsp3) is 0.571. The summed E-state index contributed by atoms with van der Waals surface area (Å²) in [6.45, 7) is 4.99. The number of nitrogens with zero attached hydrogens (tertiary/aromatic N) is 5. The molecule has 0 spiro atoms. The Bertz CT molecular complexity index is 813. The monoisotopic (exact) mass is 396 g/mol. The summed E-state index contributed by atoms with van der Waals surface area (Å²) in [5, 5.41) is 3.40. The summed E-state index contributed by atoms with van der Waals surface area (Å²) in [6.07, 6.45) is 7.37. The van der Waals surface area contributed by atoms with Crippen molar-refractivity contribution in [2.45, 2.75) is 45.1 Å². The van der Waals surface area contributed by atoms with Gasteiger partial charge in [0.15, 0.2) is 11.5 Å². The summed E-state index contributed by atoms with van der Waals surface area (Å²) < 4.78 is 10.9. The number of fused-ring (bicyclic) bond motifs is 1. The van der Waals surface area contributed by atoms with Gasteiger partial charge in [0.25, 0.3) is 0 Å². The van der Waals surface area contributed by atoms with Gasteiger partial charge in [0.2, 0.25) is 24.6 Å². The van der Waals surface area contributed by atoms with Crippen molar-refractivity contribution in [3.05, 3.63) is 23.8 Å². The van der Waals surface area contributed by atoms with Crippen molar-refractivity contribution >= 4 is 17.8 Å². The second-order valence-electron chi connectivity index (χ2n) is 7.90. The number of piperidine rings is 2. The number of nitrogens with one attached hydrogen (secondary N) is 1. The van der Waals surface area contributed by atoms with Crippen LogP contribution >= 0.6 is 0 Å². The quantitative estimate of drug-likeness (QED) is 0.826. The van der Waals surface area contributed by atoms with Gasteiger partial charge in [-0.3, -0.25) is 0 Å². The van der Waals surface area contributed by atoms with Crippen molar-refractivity contribution in [3.63, 3.8) is 0 Å². The average Bonchev–Trinajstić information content (AvgIpc) is 3.27. The number of hydrogen-bond donors (Lipinski definition) is 1. The highest BCUT2D eigenvalue weighted by atomic mass is 16.7. The molecule has 1 aromatic carbocycles. The van der Waals surface area contributed by atoms with Crippen molar-refractivity contribution < 1.29 is 9.47 Å². The smallest absolute Gasteiger partial charge is 0.231 e. The highest BCUT2D eigenvalue weighted by Gasteiger charge is 2.20. The first kappa shape index (κ1) is 18.3. The predicted molar refractivity (Wildman–Crippen MR) is 112 cm³/mol. The van der Waals surface area contributed by atoms with Gasteiger partial charge in [0, 0.05) is 32.7 Å². The zero-order valence-corrected chi connectivity index (χ0v) is 16.8. The van der Waals surface area contributed by atoms with Gasteiger partial charge in [-0.05, 0) is 56.2 Å². The van der Waals surface area contributed by atoms with E-state index in [9.17, 15) is 0 Å². The lowest BCUT2D eigenvalue weighted by atomic mass is 10.1. The Labute approximate surface area is 171 Å². The predicted octanol–water partition coefficient (Wildman–Crippen LogP) is 3.19. The van der Waals surface area contributed by atoms with Crippen molar-refractivity contribution in [1.29, 1.82) is 0 Å². The van der Waals surface area contributed by atoms with E-state index in [0.29, 0.717) is 12.5 Å². The Kier molecular flexibility index (Phi) is 5.23. The molecule has 5 rings (SSSR count). The van der Waals surface area contributed by atoms with E-state index in [4.69, 9.17) is 24.4 Å². The van der Waals surface area contributed by atoms with Crippen LogP contribution in [0, 0.1) is 0 Å². The van der Waals surface area contributed by atoms with E-state index in [1.165, 1.54) is 38.5 Å². The van der Waals surface area contributed by atoms with Crippen LogP contribution in [0.1, 0.15) is 44.1 Å². The summed E-state index contributed by atoms with van der Waals surface area (Å²) in [5.74, 6) is 3.83. The molecular formula is C21H28N6O2. The molecule has 1 N–H and O–H groups in total. The molecule has 1 aromatic heterocycles. The largest absolute Gasteiger partial charge is 0.454 e. The molecule has 0 aliphatic carbocycles. The second-order valence-corrected chi connectivity index (χ2v) is 7.90. The molecule has 2 saturated heterocycles. The third kappa shape index (κ3) is 4.16. The van der Waals surface area contributed by atoms with Crippen molar-refractivity contribution in [2.75, 3.05) is 48.1 Å². The minimum atomic E-state index is 0.290. The first-order valence-corrected chi connectivity index (χ1v) is 10.7. The van der Waals surface area contributed by atoms with Crippen LogP contribution in [0.2, 0.25) is 0 Å². The molecule has 4 heterocycles. The van der Waals surface area contributed by atoms with Crippen molar-refractivity contribution in [2.24, 2.45) is 0 Å². The molecule has 8 heteroatoms. The summed E-state index contributed by atoms with van der Waals surface area (Å²) in [7, 11) is 0. The Hall–Kier alpha value is -2.77. The normalized spacial score (nSPS) is 18.8. The molecule has 3 aliphatic heterocycles. The minimum absolute atomic E-state index is 0.290. The Morgan fingerprint density at radius 2 is 1.38 bits per heavy atom. The lowest BCUT2D eigenvalue weighted by Gasteiger charge is -2.30. The number of hydrogen-bond acceptors (Lipinski definition) is 8. The van der Waals surface area contributed by atoms with Crippen molar-refractivity contribution in [3.8, 4) is 11.5 Å². The molecule has 0 radical (unpaired) electrons. The fourth-order valence-corrected chi connectivity index (χ4v) is 4.14. The third-order valence-corrected chi connectivity index (χ3v) is 5.78.